The highest BCUT2D eigenvalue weighted by atomic mass is 14.9. The zero-order valence-corrected chi connectivity index (χ0v) is 6.86. The summed E-state index contributed by atoms with van der Waals surface area (Å²) in [6, 6.07) is 0.597. The molecule has 0 amide bonds. The molecule has 0 radical (unpaired) electrons. The van der Waals surface area contributed by atoms with Crippen molar-refractivity contribution in [2.75, 3.05) is 6.54 Å². The van der Waals surface area contributed by atoms with Gasteiger partial charge in [0.15, 0.2) is 0 Å². The van der Waals surface area contributed by atoms with Crippen molar-refractivity contribution in [3.63, 3.8) is 0 Å². The van der Waals surface area contributed by atoms with Gasteiger partial charge in [0.25, 0.3) is 0 Å². The van der Waals surface area contributed by atoms with E-state index in [1.54, 1.807) is 0 Å². The average Bonchev–Trinajstić information content (AvgIpc) is 1.83. The lowest BCUT2D eigenvalue weighted by Gasteiger charge is -2.06. The first-order valence-electron chi connectivity index (χ1n) is 3.52. The summed E-state index contributed by atoms with van der Waals surface area (Å²) in [5.41, 5.74) is 1.41. The minimum absolute atomic E-state index is 0.597. The summed E-state index contributed by atoms with van der Waals surface area (Å²) < 4.78 is 0. The maximum Gasteiger partial charge on any atom is 0.0164 e. The van der Waals surface area contributed by atoms with E-state index in [9.17, 15) is 0 Å². The molecule has 0 heterocycles. The number of allylic oxidation sites excluding steroid dienone is 1. The summed E-state index contributed by atoms with van der Waals surface area (Å²) in [4.78, 5) is 0. The van der Waals surface area contributed by atoms with Crippen molar-refractivity contribution >= 4 is 0 Å². The Morgan fingerprint density at radius 3 is 2.44 bits per heavy atom. The lowest BCUT2D eigenvalue weighted by Crippen LogP contribution is -2.24. The SMILES string of the molecule is C/C=C(\C)CNC(C)C. The first-order valence-corrected chi connectivity index (χ1v) is 3.52. The minimum Gasteiger partial charge on any atom is -0.311 e. The number of rotatable bonds is 3. The highest BCUT2D eigenvalue weighted by Gasteiger charge is 1.90. The fourth-order valence-electron chi connectivity index (χ4n) is 0.467. The molecule has 0 unspecified atom stereocenters. The third kappa shape index (κ3) is 5.57. The number of hydrogen-bond donors (Lipinski definition) is 1. The van der Waals surface area contributed by atoms with Crippen molar-refractivity contribution in [2.45, 2.75) is 33.7 Å². The van der Waals surface area contributed by atoms with Crippen molar-refractivity contribution in [3.8, 4) is 0 Å². The van der Waals surface area contributed by atoms with Crippen LogP contribution in [0.3, 0.4) is 0 Å². The van der Waals surface area contributed by atoms with E-state index in [2.05, 4.69) is 39.1 Å². The van der Waals surface area contributed by atoms with Crippen LogP contribution in [0.4, 0.5) is 0 Å². The molecule has 9 heavy (non-hydrogen) atoms. The van der Waals surface area contributed by atoms with Crippen LogP contribution in [-0.2, 0) is 0 Å². The van der Waals surface area contributed by atoms with Crippen molar-refractivity contribution in [3.05, 3.63) is 11.6 Å². The second kappa shape index (κ2) is 4.57. The van der Waals surface area contributed by atoms with Gasteiger partial charge in [0.2, 0.25) is 0 Å². The molecule has 0 spiro atoms. The Labute approximate surface area is 58.2 Å². The Hall–Kier alpha value is -0.300. The first-order chi connectivity index (χ1) is 4.16. The fraction of sp³-hybridized carbons (Fsp3) is 0.750. The van der Waals surface area contributed by atoms with Crippen LogP contribution in [0, 0.1) is 0 Å². The monoisotopic (exact) mass is 127 g/mol. The van der Waals surface area contributed by atoms with E-state index < -0.39 is 0 Å². The van der Waals surface area contributed by atoms with Crippen LogP contribution >= 0.6 is 0 Å². The van der Waals surface area contributed by atoms with Gasteiger partial charge < -0.3 is 5.32 Å². The molecule has 0 aliphatic heterocycles. The van der Waals surface area contributed by atoms with Gasteiger partial charge in [0.05, 0.1) is 0 Å². The van der Waals surface area contributed by atoms with Gasteiger partial charge in [-0.2, -0.15) is 0 Å². The lowest BCUT2D eigenvalue weighted by molar-refractivity contribution is 0.621. The van der Waals surface area contributed by atoms with E-state index in [-0.39, 0.29) is 0 Å². The van der Waals surface area contributed by atoms with Gasteiger partial charge in [0, 0.05) is 12.6 Å². The molecule has 1 heteroatoms. The predicted molar refractivity (Wildman–Crippen MR) is 42.6 cm³/mol. The van der Waals surface area contributed by atoms with Gasteiger partial charge in [-0.1, -0.05) is 25.5 Å². The number of hydrogen-bond acceptors (Lipinski definition) is 1. The summed E-state index contributed by atoms with van der Waals surface area (Å²) in [6.07, 6.45) is 2.13. The molecule has 0 aliphatic rings. The van der Waals surface area contributed by atoms with E-state index in [0.29, 0.717) is 6.04 Å². The lowest BCUT2D eigenvalue weighted by atomic mass is 10.3. The Morgan fingerprint density at radius 2 is 2.11 bits per heavy atom. The molecule has 1 N–H and O–H groups in total. The van der Waals surface area contributed by atoms with E-state index in [1.807, 2.05) is 0 Å². The topological polar surface area (TPSA) is 12.0 Å². The Morgan fingerprint density at radius 1 is 1.56 bits per heavy atom. The summed E-state index contributed by atoms with van der Waals surface area (Å²) >= 11 is 0. The predicted octanol–water partition coefficient (Wildman–Crippen LogP) is 1.95. The van der Waals surface area contributed by atoms with Crippen molar-refractivity contribution < 1.29 is 0 Å². The van der Waals surface area contributed by atoms with Crippen LogP contribution in [0.25, 0.3) is 0 Å². The third-order valence-electron chi connectivity index (χ3n) is 1.28. The summed E-state index contributed by atoms with van der Waals surface area (Å²) in [5, 5.41) is 3.33. The summed E-state index contributed by atoms with van der Waals surface area (Å²) in [5.74, 6) is 0. The van der Waals surface area contributed by atoms with Crippen molar-refractivity contribution in [2.24, 2.45) is 0 Å². The van der Waals surface area contributed by atoms with Gasteiger partial charge in [-0.15, -0.1) is 0 Å². The molecule has 0 saturated heterocycles. The molecular weight excluding hydrogens is 110 g/mol. The quantitative estimate of drug-likeness (QED) is 0.571. The first kappa shape index (κ1) is 8.70. The highest BCUT2D eigenvalue weighted by molar-refractivity contribution is 4.97. The number of nitrogens with one attached hydrogen (secondary N) is 1. The van der Waals surface area contributed by atoms with Gasteiger partial charge >= 0.3 is 0 Å². The summed E-state index contributed by atoms with van der Waals surface area (Å²) in [7, 11) is 0. The van der Waals surface area contributed by atoms with Crippen LogP contribution in [0.1, 0.15) is 27.7 Å². The van der Waals surface area contributed by atoms with Crippen LogP contribution in [-0.4, -0.2) is 12.6 Å². The Bertz CT molecular complexity index is 92.7. The third-order valence-corrected chi connectivity index (χ3v) is 1.28. The molecule has 0 fully saturated rings. The van der Waals surface area contributed by atoms with Crippen LogP contribution in [0.2, 0.25) is 0 Å². The molecular formula is C8H17N. The molecule has 0 rings (SSSR count). The molecule has 0 aromatic rings. The van der Waals surface area contributed by atoms with Crippen LogP contribution in [0.5, 0.6) is 0 Å². The molecule has 0 atom stereocenters. The smallest absolute Gasteiger partial charge is 0.0164 e. The molecule has 1 nitrogen and oxygen atoms in total. The summed E-state index contributed by atoms with van der Waals surface area (Å²) in [6.45, 7) is 9.53. The van der Waals surface area contributed by atoms with Gasteiger partial charge in [0.1, 0.15) is 0 Å². The molecule has 0 aromatic heterocycles. The van der Waals surface area contributed by atoms with E-state index in [0.717, 1.165) is 6.54 Å². The van der Waals surface area contributed by atoms with Crippen LogP contribution in [0.15, 0.2) is 11.6 Å². The van der Waals surface area contributed by atoms with Crippen molar-refractivity contribution in [1.82, 2.24) is 5.32 Å². The maximum absolute atomic E-state index is 3.33. The second-order valence-corrected chi connectivity index (χ2v) is 2.67. The van der Waals surface area contributed by atoms with Gasteiger partial charge in [-0.3, -0.25) is 0 Å². The largest absolute Gasteiger partial charge is 0.311 e. The molecule has 0 aromatic carbocycles. The Balaban J connectivity index is 3.28. The minimum atomic E-state index is 0.597. The molecule has 0 saturated carbocycles. The van der Waals surface area contributed by atoms with Gasteiger partial charge in [-0.25, -0.2) is 0 Å². The normalized spacial score (nSPS) is 12.8. The molecule has 54 valence electrons. The van der Waals surface area contributed by atoms with E-state index in [4.69, 9.17) is 0 Å². The second-order valence-electron chi connectivity index (χ2n) is 2.67. The standard InChI is InChI=1S/C8H17N/c1-5-8(4)6-9-7(2)3/h5,7,9H,6H2,1-4H3/b8-5+. The van der Waals surface area contributed by atoms with Crippen molar-refractivity contribution in [1.29, 1.82) is 0 Å². The Kier molecular flexibility index (Phi) is 4.41. The fourth-order valence-corrected chi connectivity index (χ4v) is 0.467. The van der Waals surface area contributed by atoms with E-state index in [1.165, 1.54) is 5.57 Å². The zero-order chi connectivity index (χ0) is 7.28. The highest BCUT2D eigenvalue weighted by Crippen LogP contribution is 1.88. The maximum atomic E-state index is 3.33. The molecule has 0 bridgehead atoms. The van der Waals surface area contributed by atoms with E-state index >= 15 is 0 Å². The average molecular weight is 127 g/mol. The van der Waals surface area contributed by atoms with Gasteiger partial charge in [-0.05, 0) is 13.8 Å². The van der Waals surface area contributed by atoms with Crippen LogP contribution < -0.4 is 5.32 Å². The molecule has 0 aliphatic carbocycles. The zero-order valence-electron chi connectivity index (χ0n) is 6.86.